The van der Waals surface area contributed by atoms with E-state index >= 15 is 0 Å². The van der Waals surface area contributed by atoms with Crippen LogP contribution in [0.25, 0.3) is 0 Å². The zero-order valence-electron chi connectivity index (χ0n) is 21.1. The molecule has 0 amide bonds. The molecule has 0 saturated heterocycles. The molecule has 6 N–H and O–H groups in total. The lowest BCUT2D eigenvalue weighted by atomic mass is 10.3. The monoisotopic (exact) mass is 574 g/mol. The highest BCUT2D eigenvalue weighted by molar-refractivity contribution is 7.93. The zero-order valence-corrected chi connectivity index (χ0v) is 22.7. The zero-order chi connectivity index (χ0) is 28.6. The molecule has 0 spiro atoms. The molecule has 16 heteroatoms. The fourth-order valence-corrected chi connectivity index (χ4v) is 4.92. The maximum Gasteiger partial charge on any atom is 0.263 e. The standard InChI is InChI=1S/C12H14N4O3S.C11H12N4O3S/c1-8-14-11(7-12(15-8)19-2)16-20(17,18)10-5-3-9(13)4-6-10;1-18-11-10(13-6-7-14-11)15-19(16,17)9-4-2-8(12)3-5-9/h3-7H,13H2,1-2H3,(H,14,15,16);2-7H,12H2,1H3,(H,13,15). The summed E-state index contributed by atoms with van der Waals surface area (Å²) >= 11 is 0. The normalized spacial score (nSPS) is 11.1. The maximum absolute atomic E-state index is 12.2. The molecule has 39 heavy (non-hydrogen) atoms. The number of nitrogens with zero attached hydrogens (tertiary/aromatic N) is 4. The van der Waals surface area contributed by atoms with Crippen LogP contribution < -0.4 is 30.4 Å². The summed E-state index contributed by atoms with van der Waals surface area (Å²) in [6.07, 6.45) is 2.77. The Balaban J connectivity index is 0.000000216. The Labute approximate surface area is 225 Å². The molecule has 4 rings (SSSR count). The number of methoxy groups -OCH3 is 2. The van der Waals surface area contributed by atoms with Gasteiger partial charge in [0.05, 0.1) is 24.0 Å². The van der Waals surface area contributed by atoms with Gasteiger partial charge in [-0.3, -0.25) is 9.44 Å². The number of nitrogens with one attached hydrogen (secondary N) is 2. The predicted octanol–water partition coefficient (Wildman–Crippen LogP) is 2.04. The van der Waals surface area contributed by atoms with Gasteiger partial charge >= 0.3 is 0 Å². The third-order valence-corrected chi connectivity index (χ3v) is 7.46. The highest BCUT2D eigenvalue weighted by Gasteiger charge is 2.18. The number of aromatic nitrogens is 4. The summed E-state index contributed by atoms with van der Waals surface area (Å²) in [6.45, 7) is 1.64. The van der Waals surface area contributed by atoms with E-state index in [1.807, 2.05) is 0 Å². The lowest BCUT2D eigenvalue weighted by Gasteiger charge is -2.09. The number of hydrogen-bond acceptors (Lipinski definition) is 12. The molecule has 0 fully saturated rings. The van der Waals surface area contributed by atoms with Crippen molar-refractivity contribution in [3.63, 3.8) is 0 Å². The second-order valence-corrected chi connectivity index (χ2v) is 11.0. The van der Waals surface area contributed by atoms with E-state index in [9.17, 15) is 16.8 Å². The van der Waals surface area contributed by atoms with E-state index < -0.39 is 20.0 Å². The van der Waals surface area contributed by atoms with Gasteiger partial charge < -0.3 is 20.9 Å². The Morgan fingerprint density at radius 2 is 1.23 bits per heavy atom. The molecule has 0 aliphatic heterocycles. The summed E-state index contributed by atoms with van der Waals surface area (Å²) < 4.78 is 63.1. The van der Waals surface area contributed by atoms with Gasteiger partial charge in [0, 0.05) is 29.8 Å². The molecule has 4 aromatic rings. The molecule has 0 radical (unpaired) electrons. The maximum atomic E-state index is 12.2. The van der Waals surface area contributed by atoms with Crippen molar-refractivity contribution in [3.8, 4) is 11.8 Å². The molecule has 0 unspecified atom stereocenters. The highest BCUT2D eigenvalue weighted by atomic mass is 32.2. The van der Waals surface area contributed by atoms with Gasteiger partial charge in [0.15, 0.2) is 0 Å². The van der Waals surface area contributed by atoms with Crippen LogP contribution in [0.15, 0.2) is 76.8 Å². The van der Waals surface area contributed by atoms with E-state index in [-0.39, 0.29) is 33.2 Å². The van der Waals surface area contributed by atoms with Crippen LogP contribution >= 0.6 is 0 Å². The number of benzene rings is 2. The Morgan fingerprint density at radius 1 is 0.718 bits per heavy atom. The van der Waals surface area contributed by atoms with E-state index in [0.717, 1.165) is 0 Å². The largest absolute Gasteiger partial charge is 0.481 e. The quantitative estimate of drug-likeness (QED) is 0.222. The molecular formula is C23H26N8O6S2. The SMILES string of the molecule is COc1cc(NS(=O)(=O)c2ccc(N)cc2)nc(C)n1.COc1nccnc1NS(=O)(=O)c1ccc(N)cc1. The van der Waals surface area contributed by atoms with Gasteiger partial charge in [0.2, 0.25) is 11.7 Å². The van der Waals surface area contributed by atoms with Gasteiger partial charge in [-0.2, -0.15) is 4.98 Å². The van der Waals surface area contributed by atoms with Crippen molar-refractivity contribution < 1.29 is 26.3 Å². The van der Waals surface area contributed by atoms with Crippen LogP contribution in [0.4, 0.5) is 23.0 Å². The molecule has 0 atom stereocenters. The van der Waals surface area contributed by atoms with Crippen LogP contribution in [0.5, 0.6) is 11.8 Å². The Kier molecular flexibility index (Phi) is 9.05. The molecule has 2 aromatic carbocycles. The average molecular weight is 575 g/mol. The first-order valence-electron chi connectivity index (χ1n) is 10.9. The van der Waals surface area contributed by atoms with Gasteiger partial charge in [-0.1, -0.05) is 0 Å². The Hall–Kier alpha value is -4.70. The third kappa shape index (κ3) is 7.89. The number of hydrogen-bond donors (Lipinski definition) is 4. The fraction of sp³-hybridized carbons (Fsp3) is 0.130. The average Bonchev–Trinajstić information content (AvgIpc) is 2.89. The molecule has 206 valence electrons. The first kappa shape index (κ1) is 28.9. The first-order chi connectivity index (χ1) is 18.4. The number of sulfonamides is 2. The van der Waals surface area contributed by atoms with E-state index in [4.69, 9.17) is 20.9 Å². The summed E-state index contributed by atoms with van der Waals surface area (Å²) in [5, 5.41) is 0. The third-order valence-electron chi connectivity index (χ3n) is 4.73. The molecule has 0 aliphatic rings. The number of rotatable bonds is 8. The molecule has 2 heterocycles. The van der Waals surface area contributed by atoms with E-state index in [1.54, 1.807) is 6.92 Å². The molecular weight excluding hydrogens is 548 g/mol. The van der Waals surface area contributed by atoms with Gasteiger partial charge in [0.25, 0.3) is 25.9 Å². The van der Waals surface area contributed by atoms with Crippen LogP contribution in [-0.2, 0) is 20.0 Å². The van der Waals surface area contributed by atoms with Crippen LogP contribution in [0.3, 0.4) is 0 Å². The van der Waals surface area contributed by atoms with E-state index in [1.165, 1.54) is 81.2 Å². The molecule has 0 aliphatic carbocycles. The van der Waals surface area contributed by atoms with Crippen molar-refractivity contribution in [1.29, 1.82) is 0 Å². The second kappa shape index (κ2) is 12.2. The van der Waals surface area contributed by atoms with Crippen molar-refractivity contribution in [2.75, 3.05) is 35.1 Å². The number of nitrogen functional groups attached to an aromatic ring is 2. The minimum Gasteiger partial charge on any atom is -0.481 e. The van der Waals surface area contributed by atoms with Crippen molar-refractivity contribution in [2.24, 2.45) is 0 Å². The summed E-state index contributed by atoms with van der Waals surface area (Å²) in [5.41, 5.74) is 12.0. The van der Waals surface area contributed by atoms with Crippen LogP contribution in [-0.4, -0.2) is 51.0 Å². The first-order valence-corrected chi connectivity index (χ1v) is 13.9. The predicted molar refractivity (Wildman–Crippen MR) is 145 cm³/mol. The highest BCUT2D eigenvalue weighted by Crippen LogP contribution is 2.22. The van der Waals surface area contributed by atoms with Crippen molar-refractivity contribution in [3.05, 3.63) is 72.8 Å². The molecule has 0 saturated carbocycles. The topological polar surface area (TPSA) is 214 Å². The van der Waals surface area contributed by atoms with Crippen molar-refractivity contribution in [1.82, 2.24) is 19.9 Å². The number of ether oxygens (including phenoxy) is 2. The lowest BCUT2D eigenvalue weighted by Crippen LogP contribution is -2.15. The Bertz CT molecular complexity index is 1630. The molecule has 14 nitrogen and oxygen atoms in total. The minimum atomic E-state index is -3.75. The van der Waals surface area contributed by atoms with Crippen LogP contribution in [0, 0.1) is 6.92 Å². The van der Waals surface area contributed by atoms with Crippen LogP contribution in [0.1, 0.15) is 5.82 Å². The summed E-state index contributed by atoms with van der Waals surface area (Å²) in [4.78, 5) is 15.9. The summed E-state index contributed by atoms with van der Waals surface area (Å²) in [5.74, 6) is 0.960. The molecule has 2 aromatic heterocycles. The van der Waals surface area contributed by atoms with Gasteiger partial charge in [-0.25, -0.2) is 31.8 Å². The number of aryl methyl sites for hydroxylation is 1. The Morgan fingerprint density at radius 3 is 1.74 bits per heavy atom. The smallest absolute Gasteiger partial charge is 0.263 e. The van der Waals surface area contributed by atoms with Gasteiger partial charge in [0.1, 0.15) is 11.6 Å². The summed E-state index contributed by atoms with van der Waals surface area (Å²) in [7, 11) is -4.65. The minimum absolute atomic E-state index is 0.0295. The van der Waals surface area contributed by atoms with Crippen molar-refractivity contribution >= 4 is 43.1 Å². The van der Waals surface area contributed by atoms with Crippen LogP contribution in [0.2, 0.25) is 0 Å². The second-order valence-electron chi connectivity index (χ2n) is 7.61. The van der Waals surface area contributed by atoms with Gasteiger partial charge in [-0.15, -0.1) is 0 Å². The van der Waals surface area contributed by atoms with Gasteiger partial charge in [-0.05, 0) is 55.5 Å². The van der Waals surface area contributed by atoms with E-state index in [0.29, 0.717) is 17.2 Å². The molecule has 0 bridgehead atoms. The van der Waals surface area contributed by atoms with E-state index in [2.05, 4.69) is 29.4 Å². The number of anilines is 4. The number of nitrogens with two attached hydrogens (primary N) is 2. The lowest BCUT2D eigenvalue weighted by molar-refractivity contribution is 0.396. The summed E-state index contributed by atoms with van der Waals surface area (Å²) in [6, 6.07) is 13.1. The van der Waals surface area contributed by atoms with Crippen molar-refractivity contribution in [2.45, 2.75) is 16.7 Å². The fourth-order valence-electron chi connectivity index (χ4n) is 2.92.